The van der Waals surface area contributed by atoms with E-state index < -0.39 is 30.6 Å². The standard InChI is InChI=1S/C33H33ClF2N6O3S/c1-19(24-4-5-26(36)31(30(24)34)45-23-7-10-41(11-8-23)12-9-35)44-29-15-22(14-25(32(29)46)33(37)43)42-18-38-27-13-20(3-6-28(27)42)21-16-39-40(2)17-21/h3-6,13-19,23,29H,7-12H2,1-2H3,(H2,37,43)/t19-,29?/m1/s1. The zero-order valence-electron chi connectivity index (χ0n) is 25.3. The summed E-state index contributed by atoms with van der Waals surface area (Å²) in [6, 6.07) is 8.73. The van der Waals surface area contributed by atoms with Gasteiger partial charge in [0.25, 0.3) is 0 Å². The van der Waals surface area contributed by atoms with Gasteiger partial charge in [-0.25, -0.2) is 13.8 Å². The SMILES string of the molecule is C[C@@H](OC1C=C(n2cnc3cc(-c4cnn(C)c4)ccc32)C=C(C(N)=O)C1=S)c1ccc(F)c(OC2CCN(CCF)CC2)c1Cl. The molecule has 2 aliphatic rings. The lowest BCUT2D eigenvalue weighted by atomic mass is 9.98. The predicted molar refractivity (Wildman–Crippen MR) is 177 cm³/mol. The molecule has 1 saturated heterocycles. The van der Waals surface area contributed by atoms with Gasteiger partial charge in [0.2, 0.25) is 5.91 Å². The highest BCUT2D eigenvalue weighted by Gasteiger charge is 2.30. The highest BCUT2D eigenvalue weighted by Crippen LogP contribution is 2.38. The largest absolute Gasteiger partial charge is 0.486 e. The van der Waals surface area contributed by atoms with Crippen LogP contribution in [0, 0.1) is 5.82 Å². The Labute approximate surface area is 275 Å². The van der Waals surface area contributed by atoms with Gasteiger partial charge in [-0.05, 0) is 55.7 Å². The zero-order valence-corrected chi connectivity index (χ0v) is 26.9. The normalized spacial score (nSPS) is 18.5. The number of imidazole rings is 1. The number of hydrogen-bond acceptors (Lipinski definition) is 7. The number of amides is 1. The van der Waals surface area contributed by atoms with Crippen molar-refractivity contribution in [3.8, 4) is 16.9 Å². The van der Waals surface area contributed by atoms with Crippen LogP contribution in [0.15, 0.2) is 66.8 Å². The summed E-state index contributed by atoms with van der Waals surface area (Å²) in [4.78, 5) is 19.3. The number of aryl methyl sites for hydroxylation is 1. The van der Waals surface area contributed by atoms with Crippen molar-refractivity contribution in [2.24, 2.45) is 12.8 Å². The van der Waals surface area contributed by atoms with Crippen LogP contribution >= 0.6 is 23.8 Å². The van der Waals surface area contributed by atoms with E-state index in [4.69, 9.17) is 39.0 Å². The molecule has 0 spiro atoms. The maximum absolute atomic E-state index is 15.0. The van der Waals surface area contributed by atoms with Crippen LogP contribution < -0.4 is 10.5 Å². The van der Waals surface area contributed by atoms with Crippen LogP contribution in [0.25, 0.3) is 27.9 Å². The molecule has 2 N–H and O–H groups in total. The van der Waals surface area contributed by atoms with Crippen LogP contribution in [0.2, 0.25) is 5.02 Å². The number of thiocarbonyl (C=S) groups is 1. The Kier molecular flexibility index (Phi) is 9.32. The number of nitrogens with zero attached hydrogens (tertiary/aromatic N) is 5. The second-order valence-electron chi connectivity index (χ2n) is 11.4. The van der Waals surface area contributed by atoms with E-state index in [1.807, 2.05) is 40.9 Å². The van der Waals surface area contributed by atoms with Crippen LogP contribution in [0.1, 0.15) is 31.4 Å². The van der Waals surface area contributed by atoms with Gasteiger partial charge in [-0.3, -0.25) is 14.0 Å². The van der Waals surface area contributed by atoms with Gasteiger partial charge in [0, 0.05) is 49.7 Å². The Bertz CT molecular complexity index is 1860. The fraction of sp³-hybridized carbons (Fsp3) is 0.333. The second-order valence-corrected chi connectivity index (χ2v) is 12.2. The number of nitrogens with two attached hydrogens (primary N) is 1. The van der Waals surface area contributed by atoms with Gasteiger partial charge in [0.15, 0.2) is 11.6 Å². The van der Waals surface area contributed by atoms with Crippen LogP contribution in [0.3, 0.4) is 0 Å². The number of ether oxygens (including phenoxy) is 2. The van der Waals surface area contributed by atoms with Gasteiger partial charge in [0.1, 0.15) is 25.2 Å². The minimum Gasteiger partial charge on any atom is -0.486 e. The molecule has 4 aromatic rings. The number of primary amides is 1. The highest BCUT2D eigenvalue weighted by atomic mass is 35.5. The first kappa shape index (κ1) is 32.0. The molecule has 9 nitrogen and oxygen atoms in total. The predicted octanol–water partition coefficient (Wildman–Crippen LogP) is 5.82. The maximum atomic E-state index is 15.0. The third-order valence-electron chi connectivity index (χ3n) is 8.35. The minimum atomic E-state index is -0.829. The number of allylic oxidation sites excluding steroid dienone is 2. The Morgan fingerprint density at radius 2 is 2.00 bits per heavy atom. The molecule has 0 radical (unpaired) electrons. The van der Waals surface area contributed by atoms with Crippen LogP contribution in [-0.4, -0.2) is 73.5 Å². The summed E-state index contributed by atoms with van der Waals surface area (Å²) in [5.41, 5.74) is 10.5. The van der Waals surface area contributed by atoms with Crippen LogP contribution in [-0.2, 0) is 16.6 Å². The van der Waals surface area contributed by atoms with E-state index in [0.29, 0.717) is 43.7 Å². The molecule has 1 unspecified atom stereocenters. The number of likely N-dealkylation sites (tertiary alicyclic amines) is 1. The number of alkyl halides is 1. The summed E-state index contributed by atoms with van der Waals surface area (Å²) >= 11 is 12.4. The average molecular weight is 667 g/mol. The Hall–Kier alpha value is -3.97. The minimum absolute atomic E-state index is 0.0470. The van der Waals surface area contributed by atoms with E-state index in [0.717, 1.165) is 22.2 Å². The monoisotopic (exact) mass is 666 g/mol. The van der Waals surface area contributed by atoms with Crippen molar-refractivity contribution in [1.29, 1.82) is 0 Å². The summed E-state index contributed by atoms with van der Waals surface area (Å²) in [5.74, 6) is -1.32. The maximum Gasteiger partial charge on any atom is 0.250 e. The van der Waals surface area contributed by atoms with Gasteiger partial charge in [-0.15, -0.1) is 0 Å². The lowest BCUT2D eigenvalue weighted by Crippen LogP contribution is -2.39. The molecule has 13 heteroatoms. The summed E-state index contributed by atoms with van der Waals surface area (Å²) in [7, 11) is 1.86. The van der Waals surface area contributed by atoms with E-state index >= 15 is 0 Å². The molecular weight excluding hydrogens is 634 g/mol. The molecule has 3 heterocycles. The first-order chi connectivity index (χ1) is 22.1. The summed E-state index contributed by atoms with van der Waals surface area (Å²) in [6.45, 7) is 3.06. The zero-order chi connectivity index (χ0) is 32.5. The van der Waals surface area contributed by atoms with Crippen molar-refractivity contribution < 1.29 is 23.0 Å². The smallest absolute Gasteiger partial charge is 0.250 e. The molecule has 0 saturated carbocycles. The number of piperidine rings is 1. The quantitative estimate of drug-likeness (QED) is 0.213. The molecule has 2 aromatic heterocycles. The number of aromatic nitrogens is 4. The van der Waals surface area contributed by atoms with Gasteiger partial charge < -0.3 is 20.1 Å². The molecule has 2 atom stereocenters. The van der Waals surface area contributed by atoms with Crippen molar-refractivity contribution in [2.75, 3.05) is 26.3 Å². The third kappa shape index (κ3) is 6.48. The topological polar surface area (TPSA) is 100 Å². The van der Waals surface area contributed by atoms with Crippen LogP contribution in [0.4, 0.5) is 8.78 Å². The molecule has 1 amide bonds. The number of hydrogen-bond donors (Lipinski definition) is 1. The van der Waals surface area contributed by atoms with E-state index in [2.05, 4.69) is 10.1 Å². The van der Waals surface area contributed by atoms with E-state index in [-0.39, 0.29) is 27.3 Å². The molecule has 240 valence electrons. The molecular formula is C33H33ClF2N6O3S. The van der Waals surface area contributed by atoms with Gasteiger partial charge in [-0.1, -0.05) is 36.0 Å². The van der Waals surface area contributed by atoms with Crippen molar-refractivity contribution >= 4 is 51.3 Å². The second kappa shape index (κ2) is 13.4. The summed E-state index contributed by atoms with van der Waals surface area (Å²) in [6.07, 6.45) is 8.31. The lowest BCUT2D eigenvalue weighted by Gasteiger charge is -2.32. The van der Waals surface area contributed by atoms with Crippen LogP contribution in [0.5, 0.6) is 5.75 Å². The number of carbonyl (C=O) groups excluding carboxylic acids is 1. The third-order valence-corrected chi connectivity index (χ3v) is 9.20. The molecule has 1 aliphatic carbocycles. The highest BCUT2D eigenvalue weighted by molar-refractivity contribution is 7.81. The molecule has 2 aromatic carbocycles. The average Bonchev–Trinajstić information content (AvgIpc) is 3.67. The van der Waals surface area contributed by atoms with Crippen molar-refractivity contribution in [2.45, 2.75) is 38.1 Å². The van der Waals surface area contributed by atoms with Gasteiger partial charge in [-0.2, -0.15) is 5.10 Å². The number of halogens is 3. The van der Waals surface area contributed by atoms with Gasteiger partial charge >= 0.3 is 0 Å². The first-order valence-corrected chi connectivity index (χ1v) is 15.7. The number of fused-ring (bicyclic) bond motifs is 1. The lowest BCUT2D eigenvalue weighted by molar-refractivity contribution is -0.114. The molecule has 6 rings (SSSR count). The fourth-order valence-electron chi connectivity index (χ4n) is 5.86. The van der Waals surface area contributed by atoms with E-state index in [9.17, 15) is 13.6 Å². The number of rotatable bonds is 10. The molecule has 1 aliphatic heterocycles. The number of carbonyl (C=O) groups is 1. The van der Waals surface area contributed by atoms with E-state index in [1.54, 1.807) is 42.3 Å². The van der Waals surface area contributed by atoms with Gasteiger partial charge in [0.05, 0.1) is 38.8 Å². The molecule has 0 bridgehead atoms. The molecule has 1 fully saturated rings. The van der Waals surface area contributed by atoms with E-state index in [1.165, 1.54) is 6.07 Å². The summed E-state index contributed by atoms with van der Waals surface area (Å²) in [5, 5.41) is 4.34. The first-order valence-electron chi connectivity index (χ1n) is 14.9. The van der Waals surface area contributed by atoms with Crippen molar-refractivity contribution in [3.05, 3.63) is 83.2 Å². The van der Waals surface area contributed by atoms with Crippen molar-refractivity contribution in [1.82, 2.24) is 24.2 Å². The van der Waals surface area contributed by atoms with Crippen molar-refractivity contribution in [3.63, 3.8) is 0 Å². The summed E-state index contributed by atoms with van der Waals surface area (Å²) < 4.78 is 43.7. The Morgan fingerprint density at radius 3 is 2.70 bits per heavy atom. The Balaban J connectivity index is 1.25. The Morgan fingerprint density at radius 1 is 1.22 bits per heavy atom. The molecule has 46 heavy (non-hydrogen) atoms. The number of benzene rings is 2. The fourth-order valence-corrected chi connectivity index (χ4v) is 6.50.